The molecule has 0 saturated heterocycles. The second kappa shape index (κ2) is 5.99. The third-order valence-corrected chi connectivity index (χ3v) is 3.86. The van der Waals surface area contributed by atoms with Gasteiger partial charge in [0.25, 0.3) is 5.91 Å². The molecular formula is C18H22N4O. The van der Waals surface area contributed by atoms with E-state index < -0.39 is 0 Å². The molecule has 0 spiro atoms. The molecule has 1 N–H and O–H groups in total. The largest absolute Gasteiger partial charge is 0.353 e. The van der Waals surface area contributed by atoms with Crippen LogP contribution in [0.15, 0.2) is 40.3 Å². The summed E-state index contributed by atoms with van der Waals surface area (Å²) in [6, 6.07) is 10.3. The molecular weight excluding hydrogens is 288 g/mol. The van der Waals surface area contributed by atoms with Crippen LogP contribution in [0.4, 0.5) is 0 Å². The molecule has 120 valence electrons. The molecule has 0 radical (unpaired) electrons. The van der Waals surface area contributed by atoms with Gasteiger partial charge in [0.1, 0.15) is 12.4 Å². The van der Waals surface area contributed by atoms with E-state index in [9.17, 15) is 4.79 Å². The first kappa shape index (κ1) is 15.5. The maximum absolute atomic E-state index is 12.7. The fourth-order valence-corrected chi connectivity index (χ4v) is 2.71. The average Bonchev–Trinajstić information content (AvgIpc) is 3.08. The molecule has 23 heavy (non-hydrogen) atoms. The second-order valence-corrected chi connectivity index (χ2v) is 6.36. The van der Waals surface area contributed by atoms with Gasteiger partial charge in [0.15, 0.2) is 5.71 Å². The van der Waals surface area contributed by atoms with Gasteiger partial charge in [-0.2, -0.15) is 0 Å². The number of aromatic amines is 1. The monoisotopic (exact) mass is 310 g/mol. The fourth-order valence-electron chi connectivity index (χ4n) is 2.71. The number of carbonyl (C=O) groups excluding carboxylic acids is 1. The molecule has 0 saturated carbocycles. The normalized spacial score (nSPS) is 16.1. The molecule has 1 aromatic heterocycles. The molecule has 3 rings (SSSR count). The van der Waals surface area contributed by atoms with Crippen molar-refractivity contribution < 1.29 is 4.79 Å². The van der Waals surface area contributed by atoms with Crippen LogP contribution >= 0.6 is 0 Å². The molecule has 5 heteroatoms. The minimum Gasteiger partial charge on any atom is -0.353 e. The Morgan fingerprint density at radius 1 is 1.26 bits per heavy atom. The molecule has 0 fully saturated rings. The summed E-state index contributed by atoms with van der Waals surface area (Å²) in [5, 5.41) is 1.10. The van der Waals surface area contributed by atoms with Gasteiger partial charge in [-0.25, -0.2) is 0 Å². The van der Waals surface area contributed by atoms with Gasteiger partial charge in [-0.05, 0) is 39.8 Å². The zero-order valence-electron chi connectivity index (χ0n) is 14.0. The highest BCUT2D eigenvalue weighted by Gasteiger charge is 2.32. The summed E-state index contributed by atoms with van der Waals surface area (Å²) in [6.07, 6.45) is 0. The van der Waals surface area contributed by atoms with Gasteiger partial charge in [0, 0.05) is 23.0 Å². The fraction of sp³-hybridized carbons (Fsp3) is 0.389. The van der Waals surface area contributed by atoms with E-state index in [1.807, 2.05) is 58.0 Å². The Bertz CT molecular complexity index is 765. The third-order valence-electron chi connectivity index (χ3n) is 3.86. The van der Waals surface area contributed by atoms with Crippen LogP contribution < -0.4 is 0 Å². The summed E-state index contributed by atoms with van der Waals surface area (Å²) in [4.78, 5) is 26.9. The standard InChI is InChI=1S/C18H22N4O/c1-11(2)20-16(17-18(23)22(10-19-17)12(3)4)15-9-13-7-5-6-8-14(13)21-15/h5-9,11-12,21H,10H2,1-4H3. The van der Waals surface area contributed by atoms with Gasteiger partial charge in [-0.1, -0.05) is 18.2 Å². The third kappa shape index (κ3) is 2.91. The van der Waals surface area contributed by atoms with Crippen molar-refractivity contribution >= 4 is 28.2 Å². The summed E-state index contributed by atoms with van der Waals surface area (Å²) in [7, 11) is 0. The van der Waals surface area contributed by atoms with Crippen molar-refractivity contribution in [3.63, 3.8) is 0 Å². The summed E-state index contributed by atoms with van der Waals surface area (Å²) < 4.78 is 0. The van der Waals surface area contributed by atoms with Crippen LogP contribution in [0.25, 0.3) is 10.9 Å². The lowest BCUT2D eigenvalue weighted by Gasteiger charge is -2.19. The van der Waals surface area contributed by atoms with E-state index in [4.69, 9.17) is 0 Å². The van der Waals surface area contributed by atoms with Crippen LogP contribution in [0.1, 0.15) is 33.4 Å². The van der Waals surface area contributed by atoms with Gasteiger partial charge < -0.3 is 9.88 Å². The number of amides is 1. The lowest BCUT2D eigenvalue weighted by atomic mass is 10.1. The molecule has 1 aliphatic rings. The molecule has 2 aromatic rings. The molecule has 0 aliphatic carbocycles. The number of fused-ring (bicyclic) bond motifs is 1. The Kier molecular flexibility index (Phi) is 4.03. The second-order valence-electron chi connectivity index (χ2n) is 6.36. The van der Waals surface area contributed by atoms with Crippen molar-refractivity contribution in [2.45, 2.75) is 39.8 Å². The van der Waals surface area contributed by atoms with Crippen molar-refractivity contribution in [3.05, 3.63) is 36.0 Å². The smallest absolute Gasteiger partial charge is 0.276 e. The Morgan fingerprint density at radius 2 is 2.00 bits per heavy atom. The minimum atomic E-state index is -0.0435. The van der Waals surface area contributed by atoms with Crippen LogP contribution in [-0.4, -0.2) is 46.0 Å². The summed E-state index contributed by atoms with van der Waals surface area (Å²) in [5.74, 6) is -0.0435. The van der Waals surface area contributed by atoms with E-state index in [1.54, 1.807) is 4.90 Å². The van der Waals surface area contributed by atoms with E-state index in [0.29, 0.717) is 18.1 Å². The van der Waals surface area contributed by atoms with E-state index in [0.717, 1.165) is 16.6 Å². The Hall–Kier alpha value is -2.43. The zero-order chi connectivity index (χ0) is 16.6. The number of hydrogen-bond acceptors (Lipinski definition) is 3. The van der Waals surface area contributed by atoms with Crippen LogP contribution in [0.5, 0.6) is 0 Å². The van der Waals surface area contributed by atoms with Crippen molar-refractivity contribution in [1.82, 2.24) is 9.88 Å². The summed E-state index contributed by atoms with van der Waals surface area (Å²) in [5.41, 5.74) is 2.99. The first-order valence-corrected chi connectivity index (χ1v) is 7.99. The van der Waals surface area contributed by atoms with Gasteiger partial charge in [-0.3, -0.25) is 14.8 Å². The molecule has 1 amide bonds. The van der Waals surface area contributed by atoms with Crippen molar-refractivity contribution in [2.24, 2.45) is 9.98 Å². The predicted molar refractivity (Wildman–Crippen MR) is 94.3 cm³/mol. The minimum absolute atomic E-state index is 0.0435. The van der Waals surface area contributed by atoms with Crippen LogP contribution in [0.3, 0.4) is 0 Å². The number of nitrogens with zero attached hydrogens (tertiary/aromatic N) is 3. The van der Waals surface area contributed by atoms with E-state index >= 15 is 0 Å². The Morgan fingerprint density at radius 3 is 2.61 bits per heavy atom. The van der Waals surface area contributed by atoms with Crippen LogP contribution in [0.2, 0.25) is 0 Å². The van der Waals surface area contributed by atoms with Gasteiger partial charge in [0.2, 0.25) is 0 Å². The van der Waals surface area contributed by atoms with Crippen LogP contribution in [0, 0.1) is 0 Å². The molecule has 2 heterocycles. The van der Waals surface area contributed by atoms with Gasteiger partial charge in [-0.15, -0.1) is 0 Å². The highest BCUT2D eigenvalue weighted by atomic mass is 16.2. The molecule has 1 aromatic carbocycles. The Labute approximate surface area is 136 Å². The number of H-pyrrole nitrogens is 1. The molecule has 1 aliphatic heterocycles. The topological polar surface area (TPSA) is 60.8 Å². The lowest BCUT2D eigenvalue weighted by Crippen LogP contribution is -2.38. The highest BCUT2D eigenvalue weighted by molar-refractivity contribution is 6.70. The van der Waals surface area contributed by atoms with Crippen molar-refractivity contribution in [1.29, 1.82) is 0 Å². The van der Waals surface area contributed by atoms with Crippen molar-refractivity contribution in [2.75, 3.05) is 6.67 Å². The predicted octanol–water partition coefficient (Wildman–Crippen LogP) is 3.01. The number of para-hydroxylation sites is 1. The molecule has 0 unspecified atom stereocenters. The zero-order valence-corrected chi connectivity index (χ0v) is 14.0. The molecule has 0 atom stereocenters. The number of hydrogen-bond donors (Lipinski definition) is 1. The van der Waals surface area contributed by atoms with Crippen LogP contribution in [-0.2, 0) is 4.79 Å². The SMILES string of the molecule is CC(C)N=C(C1=NCN(C(C)C)C1=O)c1cc2ccccc2[nH]1. The first-order valence-electron chi connectivity index (χ1n) is 7.99. The number of benzene rings is 1. The highest BCUT2D eigenvalue weighted by Crippen LogP contribution is 2.19. The summed E-state index contributed by atoms with van der Waals surface area (Å²) in [6.45, 7) is 8.41. The molecule has 5 nitrogen and oxygen atoms in total. The maximum atomic E-state index is 12.7. The Balaban J connectivity index is 2.04. The number of nitrogens with one attached hydrogen (secondary N) is 1. The van der Waals surface area contributed by atoms with Gasteiger partial charge >= 0.3 is 0 Å². The van der Waals surface area contributed by atoms with Crippen molar-refractivity contribution in [3.8, 4) is 0 Å². The van der Waals surface area contributed by atoms with E-state index in [2.05, 4.69) is 15.0 Å². The lowest BCUT2D eigenvalue weighted by molar-refractivity contribution is -0.124. The van der Waals surface area contributed by atoms with E-state index in [1.165, 1.54) is 0 Å². The summed E-state index contributed by atoms with van der Waals surface area (Å²) >= 11 is 0. The molecule has 0 bridgehead atoms. The quantitative estimate of drug-likeness (QED) is 0.867. The number of rotatable bonds is 4. The first-order chi connectivity index (χ1) is 11.0. The van der Waals surface area contributed by atoms with E-state index in [-0.39, 0.29) is 18.0 Å². The average molecular weight is 310 g/mol. The number of aromatic nitrogens is 1. The van der Waals surface area contributed by atoms with Gasteiger partial charge in [0.05, 0.1) is 5.69 Å². The maximum Gasteiger partial charge on any atom is 0.276 e. The number of aliphatic imine (C=N–C) groups is 2. The number of carbonyl (C=O) groups is 1.